The number of ether oxygens (including phenoxy) is 1. The topological polar surface area (TPSA) is 98.7 Å². The van der Waals surface area contributed by atoms with Gasteiger partial charge in [-0.1, -0.05) is 19.1 Å². The quantitative estimate of drug-likeness (QED) is 0.651. The van der Waals surface area contributed by atoms with Gasteiger partial charge in [0.15, 0.2) is 0 Å². The molecule has 6 nitrogen and oxygen atoms in total. The summed E-state index contributed by atoms with van der Waals surface area (Å²) in [5.74, 6) is -0.892. The van der Waals surface area contributed by atoms with Gasteiger partial charge in [0, 0.05) is 29.3 Å². The van der Waals surface area contributed by atoms with Crippen molar-refractivity contribution in [2.75, 3.05) is 11.3 Å². The number of carbonyl (C=O) groups is 1. The average Bonchev–Trinajstić information content (AvgIpc) is 2.38. The van der Waals surface area contributed by atoms with Gasteiger partial charge in [-0.3, -0.25) is 4.21 Å². The van der Waals surface area contributed by atoms with E-state index in [-0.39, 0.29) is 23.9 Å². The molecule has 0 fully saturated rings. The van der Waals surface area contributed by atoms with E-state index >= 15 is 0 Å². The molecule has 0 radical (unpaired) electrons. The molecule has 108 valence electrons. The van der Waals surface area contributed by atoms with Gasteiger partial charge in [0.25, 0.3) is 0 Å². The lowest BCUT2D eigenvalue weighted by Crippen LogP contribution is -2.21. The number of aliphatic hydroxyl groups is 1. The van der Waals surface area contributed by atoms with Crippen LogP contribution in [0.15, 0.2) is 35.6 Å². The van der Waals surface area contributed by atoms with E-state index in [0.29, 0.717) is 17.7 Å². The van der Waals surface area contributed by atoms with Crippen molar-refractivity contribution in [3.8, 4) is 0 Å². The molecule has 0 aromatic heterocycles. The number of esters is 1. The molecule has 1 aromatic rings. The predicted molar refractivity (Wildman–Crippen MR) is 72.6 cm³/mol. The molecule has 2 atom stereocenters. The first-order valence-corrected chi connectivity index (χ1v) is 7.11. The molecule has 0 bridgehead atoms. The maximum atomic E-state index is 11.7. The zero-order chi connectivity index (χ0) is 14.7. The summed E-state index contributed by atoms with van der Waals surface area (Å²) >= 11 is -2.41. The van der Waals surface area contributed by atoms with Crippen LogP contribution in [0.25, 0.3) is 0 Å². The van der Waals surface area contributed by atoms with Gasteiger partial charge in [-0.05, 0) is 17.7 Å². The van der Waals surface area contributed by atoms with Crippen molar-refractivity contribution in [3.05, 3.63) is 41.2 Å². The monoisotopic (exact) mass is 296 g/mol. The summed E-state index contributed by atoms with van der Waals surface area (Å²) in [6.07, 6.45) is 0.300. The SMILES string of the molecule is CC(C1=C(O)CCOC1=O)c1cccc(NS(=O)[O-])c1. The number of nitrogens with one attached hydrogen (secondary N) is 1. The van der Waals surface area contributed by atoms with Crippen LogP contribution in [0.4, 0.5) is 5.69 Å². The van der Waals surface area contributed by atoms with Crippen LogP contribution < -0.4 is 4.72 Å². The van der Waals surface area contributed by atoms with Gasteiger partial charge >= 0.3 is 5.97 Å². The second-order valence-electron chi connectivity index (χ2n) is 4.43. The minimum atomic E-state index is -2.41. The van der Waals surface area contributed by atoms with Gasteiger partial charge < -0.3 is 19.1 Å². The van der Waals surface area contributed by atoms with Crippen LogP contribution in [-0.2, 0) is 20.8 Å². The molecule has 2 N–H and O–H groups in total. The van der Waals surface area contributed by atoms with E-state index in [1.165, 1.54) is 0 Å². The molecule has 0 saturated heterocycles. The van der Waals surface area contributed by atoms with Gasteiger partial charge in [0.2, 0.25) is 0 Å². The fourth-order valence-electron chi connectivity index (χ4n) is 2.13. The highest BCUT2D eigenvalue weighted by Gasteiger charge is 2.27. The van der Waals surface area contributed by atoms with E-state index in [0.717, 1.165) is 0 Å². The average molecular weight is 296 g/mol. The summed E-state index contributed by atoms with van der Waals surface area (Å²) in [6.45, 7) is 1.93. The smallest absolute Gasteiger partial charge is 0.338 e. The van der Waals surface area contributed by atoms with Crippen LogP contribution in [0.2, 0.25) is 0 Å². The molecular weight excluding hydrogens is 282 g/mol. The summed E-state index contributed by atoms with van der Waals surface area (Å²) in [6, 6.07) is 6.64. The van der Waals surface area contributed by atoms with Crippen molar-refractivity contribution in [2.45, 2.75) is 19.3 Å². The van der Waals surface area contributed by atoms with Crippen LogP contribution in [0.3, 0.4) is 0 Å². The Morgan fingerprint density at radius 1 is 1.50 bits per heavy atom. The van der Waals surface area contributed by atoms with Gasteiger partial charge in [-0.25, -0.2) is 4.79 Å². The summed E-state index contributed by atoms with van der Waals surface area (Å²) in [5.41, 5.74) is 1.32. The Balaban J connectivity index is 2.31. The Morgan fingerprint density at radius 3 is 2.90 bits per heavy atom. The Labute approximate surface area is 118 Å². The Bertz CT molecular complexity index is 584. The number of anilines is 1. The lowest BCUT2D eigenvalue weighted by molar-refractivity contribution is -0.141. The van der Waals surface area contributed by atoms with Gasteiger partial charge in [-0.15, -0.1) is 0 Å². The van der Waals surface area contributed by atoms with Crippen molar-refractivity contribution in [2.24, 2.45) is 0 Å². The molecule has 1 heterocycles. The summed E-state index contributed by atoms with van der Waals surface area (Å²) in [7, 11) is 0. The third-order valence-corrected chi connectivity index (χ3v) is 3.53. The second kappa shape index (κ2) is 6.06. The zero-order valence-electron chi connectivity index (χ0n) is 10.8. The van der Waals surface area contributed by atoms with Crippen molar-refractivity contribution in [3.63, 3.8) is 0 Å². The number of hydrogen-bond donors (Lipinski definition) is 2. The number of cyclic esters (lactones) is 1. The number of benzene rings is 1. The minimum absolute atomic E-state index is 0.0273. The Hall–Kier alpha value is -1.86. The first-order valence-electron chi connectivity index (χ1n) is 6.04. The Kier molecular flexibility index (Phi) is 4.41. The predicted octanol–water partition coefficient (Wildman–Crippen LogP) is 1.76. The van der Waals surface area contributed by atoms with Crippen molar-refractivity contribution in [1.82, 2.24) is 0 Å². The third kappa shape index (κ3) is 3.17. The minimum Gasteiger partial charge on any atom is -0.755 e. The van der Waals surface area contributed by atoms with Crippen LogP contribution >= 0.6 is 0 Å². The molecule has 0 aliphatic carbocycles. The molecule has 1 aliphatic heterocycles. The van der Waals surface area contributed by atoms with Gasteiger partial charge in [-0.2, -0.15) is 0 Å². The van der Waals surface area contributed by atoms with Crippen LogP contribution in [0, 0.1) is 0 Å². The van der Waals surface area contributed by atoms with Gasteiger partial charge in [0.1, 0.15) is 5.76 Å². The second-order valence-corrected chi connectivity index (χ2v) is 5.10. The highest BCUT2D eigenvalue weighted by Crippen LogP contribution is 2.31. The maximum Gasteiger partial charge on any atom is 0.338 e. The van der Waals surface area contributed by atoms with E-state index in [2.05, 4.69) is 4.72 Å². The largest absolute Gasteiger partial charge is 0.755 e. The first-order chi connectivity index (χ1) is 9.49. The molecule has 0 saturated carbocycles. The van der Waals surface area contributed by atoms with Crippen molar-refractivity contribution in [1.29, 1.82) is 0 Å². The molecule has 20 heavy (non-hydrogen) atoms. The van der Waals surface area contributed by atoms with Crippen molar-refractivity contribution < 1.29 is 23.4 Å². The van der Waals surface area contributed by atoms with E-state index in [9.17, 15) is 18.7 Å². The zero-order valence-corrected chi connectivity index (χ0v) is 11.6. The third-order valence-electron chi connectivity index (χ3n) is 3.12. The lowest BCUT2D eigenvalue weighted by Gasteiger charge is -2.21. The number of hydrogen-bond acceptors (Lipinski definition) is 5. The summed E-state index contributed by atoms with van der Waals surface area (Å²) < 4.78 is 28.4. The summed E-state index contributed by atoms with van der Waals surface area (Å²) in [4.78, 5) is 11.7. The van der Waals surface area contributed by atoms with Crippen LogP contribution in [0.5, 0.6) is 0 Å². The molecular formula is C13H14NO5S-. The molecule has 2 rings (SSSR count). The number of carbonyl (C=O) groups excluding carboxylic acids is 1. The summed E-state index contributed by atoms with van der Waals surface area (Å²) in [5, 5.41) is 9.85. The molecule has 7 heteroatoms. The molecule has 1 aromatic carbocycles. The highest BCUT2D eigenvalue weighted by molar-refractivity contribution is 7.80. The van der Waals surface area contributed by atoms with Gasteiger partial charge in [0.05, 0.1) is 12.2 Å². The van der Waals surface area contributed by atoms with E-state index in [4.69, 9.17) is 4.74 Å². The van der Waals surface area contributed by atoms with E-state index < -0.39 is 17.2 Å². The van der Waals surface area contributed by atoms with E-state index in [1.54, 1.807) is 31.2 Å². The molecule has 2 unspecified atom stereocenters. The van der Waals surface area contributed by atoms with Crippen molar-refractivity contribution >= 4 is 22.9 Å². The molecule has 0 spiro atoms. The van der Waals surface area contributed by atoms with Crippen LogP contribution in [0.1, 0.15) is 24.8 Å². The van der Waals surface area contributed by atoms with Crippen LogP contribution in [-0.4, -0.2) is 26.4 Å². The number of aliphatic hydroxyl groups excluding tert-OH is 1. The fraction of sp³-hybridized carbons (Fsp3) is 0.308. The Morgan fingerprint density at radius 2 is 2.25 bits per heavy atom. The number of rotatable bonds is 4. The fourth-order valence-corrected chi connectivity index (χ4v) is 2.45. The standard InChI is InChI=1S/C13H15NO5S/c1-8(12-11(15)5-6-19-13(12)16)9-3-2-4-10(7-9)14-20(17)18/h2-4,7-8,14-15H,5-6H2,1H3,(H,17,18)/p-1. The van der Waals surface area contributed by atoms with E-state index in [1.807, 2.05) is 0 Å². The highest BCUT2D eigenvalue weighted by atomic mass is 32.2. The first kappa shape index (κ1) is 14.5. The molecule has 0 amide bonds. The molecule has 1 aliphatic rings. The lowest BCUT2D eigenvalue weighted by atomic mass is 9.90. The maximum absolute atomic E-state index is 11.7. The normalized spacial score (nSPS) is 18.4.